The Labute approximate surface area is 116 Å². The van der Waals surface area contributed by atoms with E-state index in [0.29, 0.717) is 16.8 Å². The number of rotatable bonds is 1. The van der Waals surface area contributed by atoms with Crippen molar-refractivity contribution in [1.29, 1.82) is 0 Å². The molecule has 0 aliphatic heterocycles. The molecule has 3 aromatic rings. The number of hydrogen-bond acceptors (Lipinski definition) is 4. The molecule has 18 heavy (non-hydrogen) atoms. The van der Waals surface area contributed by atoms with Crippen LogP contribution in [0.2, 0.25) is 5.15 Å². The van der Waals surface area contributed by atoms with Crippen molar-refractivity contribution >= 4 is 38.6 Å². The van der Waals surface area contributed by atoms with Gasteiger partial charge in [0.2, 0.25) is 5.82 Å². The lowest BCUT2D eigenvalue weighted by Crippen LogP contribution is -1.98. The SMILES string of the molecule is Cn1ccc2c(Cl)nc(-c3ncc(Br)cn3)nc21. The topological polar surface area (TPSA) is 56.5 Å². The molecule has 0 spiro atoms. The van der Waals surface area contributed by atoms with Crippen molar-refractivity contribution in [2.24, 2.45) is 7.05 Å². The van der Waals surface area contributed by atoms with E-state index in [0.717, 1.165) is 15.5 Å². The first-order chi connectivity index (χ1) is 8.65. The molecule has 0 saturated heterocycles. The second-order valence-corrected chi connectivity index (χ2v) is 5.00. The van der Waals surface area contributed by atoms with Gasteiger partial charge in [0, 0.05) is 25.6 Å². The van der Waals surface area contributed by atoms with Crippen LogP contribution in [0.4, 0.5) is 0 Å². The highest BCUT2D eigenvalue weighted by Crippen LogP contribution is 2.23. The van der Waals surface area contributed by atoms with E-state index in [1.54, 1.807) is 12.4 Å². The van der Waals surface area contributed by atoms with Gasteiger partial charge in [-0.05, 0) is 22.0 Å². The summed E-state index contributed by atoms with van der Waals surface area (Å²) in [5.74, 6) is 0.866. The zero-order chi connectivity index (χ0) is 12.7. The maximum atomic E-state index is 6.13. The van der Waals surface area contributed by atoms with Gasteiger partial charge in [0.25, 0.3) is 0 Å². The third-order valence-electron chi connectivity index (χ3n) is 2.50. The van der Waals surface area contributed by atoms with E-state index in [1.807, 2.05) is 23.9 Å². The van der Waals surface area contributed by atoms with E-state index in [4.69, 9.17) is 11.6 Å². The third kappa shape index (κ3) is 1.87. The van der Waals surface area contributed by atoms with Crippen LogP contribution in [-0.2, 0) is 7.05 Å². The molecular formula is C11H7BrClN5. The molecule has 0 fully saturated rings. The Balaban J connectivity index is 2.23. The second kappa shape index (κ2) is 4.29. The minimum Gasteiger partial charge on any atom is -0.335 e. The summed E-state index contributed by atoms with van der Waals surface area (Å²) in [5, 5.41) is 1.22. The van der Waals surface area contributed by atoms with Crippen molar-refractivity contribution in [3.8, 4) is 11.6 Å². The minimum atomic E-state index is 0.405. The fourth-order valence-electron chi connectivity index (χ4n) is 1.63. The summed E-state index contributed by atoms with van der Waals surface area (Å²) in [6.07, 6.45) is 5.18. The van der Waals surface area contributed by atoms with Gasteiger partial charge in [0.1, 0.15) is 10.8 Å². The Morgan fingerprint density at radius 3 is 2.61 bits per heavy atom. The maximum absolute atomic E-state index is 6.13. The normalized spacial score (nSPS) is 11.1. The van der Waals surface area contributed by atoms with Gasteiger partial charge >= 0.3 is 0 Å². The van der Waals surface area contributed by atoms with Crippen molar-refractivity contribution in [2.45, 2.75) is 0 Å². The maximum Gasteiger partial charge on any atom is 0.201 e. The van der Waals surface area contributed by atoms with Gasteiger partial charge in [-0.3, -0.25) is 0 Å². The molecule has 0 amide bonds. The van der Waals surface area contributed by atoms with Gasteiger partial charge in [-0.15, -0.1) is 0 Å². The Morgan fingerprint density at radius 1 is 1.17 bits per heavy atom. The highest BCUT2D eigenvalue weighted by atomic mass is 79.9. The molecule has 0 N–H and O–H groups in total. The summed E-state index contributed by atoms with van der Waals surface area (Å²) in [6, 6.07) is 1.88. The van der Waals surface area contributed by atoms with E-state index in [9.17, 15) is 0 Å². The summed E-state index contributed by atoms with van der Waals surface area (Å²) in [4.78, 5) is 17.0. The zero-order valence-corrected chi connectivity index (χ0v) is 11.6. The molecule has 5 nitrogen and oxygen atoms in total. The van der Waals surface area contributed by atoms with Gasteiger partial charge in [0.15, 0.2) is 5.82 Å². The van der Waals surface area contributed by atoms with Crippen LogP contribution in [0.1, 0.15) is 0 Å². The Bertz CT molecular complexity index is 722. The van der Waals surface area contributed by atoms with Crippen molar-refractivity contribution < 1.29 is 0 Å². The molecule has 0 aliphatic carbocycles. The number of aryl methyl sites for hydroxylation is 1. The molecule has 0 bridgehead atoms. The summed E-state index contributed by atoms with van der Waals surface area (Å²) in [7, 11) is 1.90. The number of nitrogens with zero attached hydrogens (tertiary/aromatic N) is 5. The molecule has 3 heterocycles. The average molecular weight is 325 g/mol. The van der Waals surface area contributed by atoms with Crippen molar-refractivity contribution in [2.75, 3.05) is 0 Å². The summed E-state index contributed by atoms with van der Waals surface area (Å²) in [5.41, 5.74) is 0.761. The molecule has 0 aromatic carbocycles. The lowest BCUT2D eigenvalue weighted by molar-refractivity contribution is 0.941. The summed E-state index contributed by atoms with van der Waals surface area (Å²) < 4.78 is 2.68. The quantitative estimate of drug-likeness (QED) is 0.646. The first-order valence-corrected chi connectivity index (χ1v) is 6.29. The number of hydrogen-bond donors (Lipinski definition) is 0. The lowest BCUT2D eigenvalue weighted by Gasteiger charge is -2.02. The fraction of sp³-hybridized carbons (Fsp3) is 0.0909. The largest absolute Gasteiger partial charge is 0.335 e. The molecule has 0 aliphatic rings. The van der Waals surface area contributed by atoms with Crippen LogP contribution in [0, 0.1) is 0 Å². The van der Waals surface area contributed by atoms with Gasteiger partial charge in [-0.25, -0.2) is 19.9 Å². The first kappa shape index (κ1) is 11.6. The standard InChI is InChI=1S/C11H7BrClN5/c1-18-3-2-7-8(13)16-10(17-11(7)18)9-14-4-6(12)5-15-9/h2-5H,1H3. The van der Waals surface area contributed by atoms with Gasteiger partial charge < -0.3 is 4.57 Å². The highest BCUT2D eigenvalue weighted by Gasteiger charge is 2.11. The molecule has 0 saturated carbocycles. The predicted octanol–water partition coefficient (Wildman–Crippen LogP) is 2.84. The van der Waals surface area contributed by atoms with Crippen LogP contribution in [0.15, 0.2) is 29.1 Å². The molecule has 3 rings (SSSR count). The van der Waals surface area contributed by atoms with Gasteiger partial charge in [0.05, 0.1) is 9.86 Å². The van der Waals surface area contributed by atoms with E-state index in [1.165, 1.54) is 0 Å². The van der Waals surface area contributed by atoms with Crippen LogP contribution in [-0.4, -0.2) is 24.5 Å². The van der Waals surface area contributed by atoms with Gasteiger partial charge in [-0.2, -0.15) is 0 Å². The molecule has 0 radical (unpaired) electrons. The van der Waals surface area contributed by atoms with E-state index in [-0.39, 0.29) is 0 Å². The zero-order valence-electron chi connectivity index (χ0n) is 9.30. The van der Waals surface area contributed by atoms with Crippen molar-refractivity contribution in [3.05, 3.63) is 34.3 Å². The Hall–Kier alpha value is -1.53. The Kier molecular flexibility index (Phi) is 2.76. The summed E-state index contributed by atoms with van der Waals surface area (Å²) >= 11 is 9.41. The lowest BCUT2D eigenvalue weighted by atomic mass is 10.4. The fourth-order valence-corrected chi connectivity index (χ4v) is 2.06. The number of halogens is 2. The van der Waals surface area contributed by atoms with E-state index in [2.05, 4.69) is 35.9 Å². The van der Waals surface area contributed by atoms with Crippen LogP contribution in [0.3, 0.4) is 0 Å². The molecule has 90 valence electrons. The van der Waals surface area contributed by atoms with Crippen LogP contribution in [0.25, 0.3) is 22.7 Å². The number of fused-ring (bicyclic) bond motifs is 1. The first-order valence-electron chi connectivity index (χ1n) is 5.11. The van der Waals surface area contributed by atoms with Crippen molar-refractivity contribution in [3.63, 3.8) is 0 Å². The molecule has 0 unspecified atom stereocenters. The second-order valence-electron chi connectivity index (χ2n) is 3.73. The summed E-state index contributed by atoms with van der Waals surface area (Å²) in [6.45, 7) is 0. The molecule has 0 atom stereocenters. The van der Waals surface area contributed by atoms with E-state index >= 15 is 0 Å². The minimum absolute atomic E-state index is 0.405. The third-order valence-corrected chi connectivity index (χ3v) is 3.20. The molecule has 3 aromatic heterocycles. The van der Waals surface area contributed by atoms with Crippen molar-refractivity contribution in [1.82, 2.24) is 24.5 Å². The average Bonchev–Trinajstić information content (AvgIpc) is 2.73. The molecule has 7 heteroatoms. The predicted molar refractivity (Wildman–Crippen MR) is 72.2 cm³/mol. The smallest absolute Gasteiger partial charge is 0.201 e. The van der Waals surface area contributed by atoms with Gasteiger partial charge in [-0.1, -0.05) is 11.6 Å². The number of aromatic nitrogens is 5. The molecular weight excluding hydrogens is 318 g/mol. The Morgan fingerprint density at radius 2 is 1.89 bits per heavy atom. The highest BCUT2D eigenvalue weighted by molar-refractivity contribution is 9.10. The van der Waals surface area contributed by atoms with Crippen LogP contribution >= 0.6 is 27.5 Å². The van der Waals surface area contributed by atoms with Crippen LogP contribution in [0.5, 0.6) is 0 Å². The monoisotopic (exact) mass is 323 g/mol. The van der Waals surface area contributed by atoms with E-state index < -0.39 is 0 Å². The van der Waals surface area contributed by atoms with Crippen LogP contribution < -0.4 is 0 Å².